The zero-order chi connectivity index (χ0) is 25.8. The number of aliphatic hydroxyl groups excluding tert-OH is 1. The molecule has 0 aliphatic carbocycles. The minimum atomic E-state index is -1.36. The van der Waals surface area contributed by atoms with E-state index in [2.05, 4.69) is 0 Å². The number of hydrogen-bond acceptors (Lipinski definition) is 8. The van der Waals surface area contributed by atoms with Crippen LogP contribution < -0.4 is 14.2 Å². The van der Waals surface area contributed by atoms with E-state index in [9.17, 15) is 5.11 Å². The van der Waals surface area contributed by atoms with Crippen molar-refractivity contribution in [3.8, 4) is 28.5 Å². The maximum atomic E-state index is 11.5. The Balaban J connectivity index is 1.67. The molecule has 3 aromatic carbocycles. The maximum absolute atomic E-state index is 11.5. The highest BCUT2D eigenvalue weighted by atomic mass is 16.7. The molecule has 37 heavy (non-hydrogen) atoms. The molecule has 4 aromatic rings. The van der Waals surface area contributed by atoms with Crippen LogP contribution in [0.5, 0.6) is 17.2 Å². The van der Waals surface area contributed by atoms with Crippen LogP contribution in [0.4, 0.5) is 0 Å². The van der Waals surface area contributed by atoms with Gasteiger partial charge in [0.05, 0.1) is 46.4 Å². The van der Waals surface area contributed by atoms with Gasteiger partial charge in [-0.15, -0.1) is 0 Å². The van der Waals surface area contributed by atoms with Crippen molar-refractivity contribution in [1.82, 2.24) is 9.97 Å². The summed E-state index contributed by atoms with van der Waals surface area (Å²) >= 11 is 0. The molecule has 1 unspecified atom stereocenters. The lowest BCUT2D eigenvalue weighted by Crippen LogP contribution is -2.33. The van der Waals surface area contributed by atoms with Crippen LogP contribution in [-0.4, -0.2) is 49.6 Å². The molecular formula is C29H28N2O6. The second kappa shape index (κ2) is 10.6. The summed E-state index contributed by atoms with van der Waals surface area (Å²) in [4.78, 5) is 9.69. The van der Waals surface area contributed by atoms with Gasteiger partial charge in [-0.1, -0.05) is 12.1 Å². The SMILES string of the molecule is COc1ccc(-c2cnc(C(O)c3ccc(OC)cc3)c(C3(c4ccc(OC)cc4)OCCO3)n2)cc1. The van der Waals surface area contributed by atoms with Crippen LogP contribution >= 0.6 is 0 Å². The van der Waals surface area contributed by atoms with Crippen molar-refractivity contribution >= 4 is 0 Å². The summed E-state index contributed by atoms with van der Waals surface area (Å²) in [6.07, 6.45) is 0.561. The Morgan fingerprint density at radius 2 is 1.27 bits per heavy atom. The molecule has 0 spiro atoms. The molecule has 1 aliphatic heterocycles. The van der Waals surface area contributed by atoms with Crippen molar-refractivity contribution in [2.45, 2.75) is 11.9 Å². The summed E-state index contributed by atoms with van der Waals surface area (Å²) in [5.74, 6) is 0.772. The van der Waals surface area contributed by atoms with Gasteiger partial charge < -0.3 is 28.8 Å². The highest BCUT2D eigenvalue weighted by molar-refractivity contribution is 5.60. The minimum Gasteiger partial charge on any atom is -0.497 e. The molecule has 1 aliphatic rings. The molecule has 5 rings (SSSR count). The molecule has 1 atom stereocenters. The van der Waals surface area contributed by atoms with E-state index in [1.807, 2.05) is 48.5 Å². The van der Waals surface area contributed by atoms with Crippen LogP contribution in [0.1, 0.15) is 28.6 Å². The van der Waals surface area contributed by atoms with Gasteiger partial charge in [0.15, 0.2) is 0 Å². The molecule has 0 radical (unpaired) electrons. The lowest BCUT2D eigenvalue weighted by Gasteiger charge is -2.30. The second-order valence-corrected chi connectivity index (χ2v) is 8.44. The molecule has 1 aromatic heterocycles. The van der Waals surface area contributed by atoms with E-state index in [1.54, 1.807) is 51.8 Å². The number of methoxy groups -OCH3 is 3. The van der Waals surface area contributed by atoms with Gasteiger partial charge in [0.1, 0.15) is 34.7 Å². The molecule has 8 heteroatoms. The standard InChI is InChI=1S/C29H28N2O6/c1-33-22-10-4-19(5-11-22)25-18-30-26(27(32)20-6-12-23(34-2)13-7-20)28(31-25)29(36-16-17-37-29)21-8-14-24(35-3)15-9-21/h4-15,18,27,32H,16-17H2,1-3H3. The Kier molecular flexibility index (Phi) is 7.05. The second-order valence-electron chi connectivity index (χ2n) is 8.44. The van der Waals surface area contributed by atoms with Gasteiger partial charge in [-0.3, -0.25) is 4.98 Å². The average Bonchev–Trinajstić information content (AvgIpc) is 3.48. The number of nitrogens with zero attached hydrogens (tertiary/aromatic N) is 2. The monoisotopic (exact) mass is 500 g/mol. The molecule has 0 saturated carbocycles. The molecule has 8 nitrogen and oxygen atoms in total. The van der Waals surface area contributed by atoms with E-state index < -0.39 is 11.9 Å². The van der Waals surface area contributed by atoms with Crippen LogP contribution in [0.15, 0.2) is 79.0 Å². The first-order valence-electron chi connectivity index (χ1n) is 11.8. The first-order valence-corrected chi connectivity index (χ1v) is 11.8. The third kappa shape index (κ3) is 4.74. The minimum absolute atomic E-state index is 0.333. The zero-order valence-electron chi connectivity index (χ0n) is 20.9. The summed E-state index contributed by atoms with van der Waals surface area (Å²) in [5, 5.41) is 11.5. The quantitative estimate of drug-likeness (QED) is 0.378. The first kappa shape index (κ1) is 24.7. The van der Waals surface area contributed by atoms with E-state index in [-0.39, 0.29) is 0 Å². The van der Waals surface area contributed by atoms with E-state index in [4.69, 9.17) is 33.7 Å². The van der Waals surface area contributed by atoms with Crippen LogP contribution in [0.25, 0.3) is 11.3 Å². The smallest absolute Gasteiger partial charge is 0.242 e. The molecular weight excluding hydrogens is 472 g/mol. The molecule has 190 valence electrons. The Labute approximate surface area is 215 Å². The number of hydrogen-bond donors (Lipinski definition) is 1. The third-order valence-electron chi connectivity index (χ3n) is 6.35. The largest absolute Gasteiger partial charge is 0.497 e. The molecule has 1 N–H and O–H groups in total. The van der Waals surface area contributed by atoms with Gasteiger partial charge in [-0.25, -0.2) is 4.98 Å². The van der Waals surface area contributed by atoms with Crippen LogP contribution in [0.3, 0.4) is 0 Å². The normalized spacial score (nSPS) is 15.2. The highest BCUT2D eigenvalue weighted by Crippen LogP contribution is 2.42. The van der Waals surface area contributed by atoms with Crippen molar-refractivity contribution in [2.24, 2.45) is 0 Å². The van der Waals surface area contributed by atoms with Crippen molar-refractivity contribution in [1.29, 1.82) is 0 Å². The molecule has 0 bridgehead atoms. The molecule has 1 saturated heterocycles. The Morgan fingerprint density at radius 1 is 0.757 bits per heavy atom. The maximum Gasteiger partial charge on any atom is 0.242 e. The Morgan fingerprint density at radius 3 is 1.81 bits per heavy atom. The number of rotatable bonds is 8. The van der Waals surface area contributed by atoms with Gasteiger partial charge >= 0.3 is 0 Å². The number of benzene rings is 3. The summed E-state index contributed by atoms with van der Waals surface area (Å²) in [6, 6.07) is 22.1. The predicted octanol–water partition coefficient (Wildman–Crippen LogP) is 4.50. The highest BCUT2D eigenvalue weighted by Gasteiger charge is 2.45. The fourth-order valence-corrected chi connectivity index (χ4v) is 4.35. The summed E-state index contributed by atoms with van der Waals surface area (Å²) in [5.41, 5.74) is 3.51. The average molecular weight is 501 g/mol. The van der Waals surface area contributed by atoms with Gasteiger partial charge in [0.25, 0.3) is 0 Å². The fourth-order valence-electron chi connectivity index (χ4n) is 4.35. The van der Waals surface area contributed by atoms with Crippen LogP contribution in [-0.2, 0) is 15.3 Å². The molecule has 0 amide bonds. The summed E-state index contributed by atoms with van der Waals surface area (Å²) in [6.45, 7) is 0.719. The van der Waals surface area contributed by atoms with Gasteiger partial charge in [-0.2, -0.15) is 0 Å². The van der Waals surface area contributed by atoms with Gasteiger partial charge in [0, 0.05) is 11.1 Å². The van der Waals surface area contributed by atoms with Crippen molar-refractivity contribution < 1.29 is 28.8 Å². The van der Waals surface area contributed by atoms with Gasteiger partial charge in [-0.05, 0) is 66.2 Å². The van der Waals surface area contributed by atoms with E-state index in [1.165, 1.54) is 0 Å². The van der Waals surface area contributed by atoms with Crippen molar-refractivity contribution in [2.75, 3.05) is 34.5 Å². The van der Waals surface area contributed by atoms with Crippen molar-refractivity contribution in [3.05, 3.63) is 102 Å². The summed E-state index contributed by atoms with van der Waals surface area (Å²) < 4.78 is 28.4. The van der Waals surface area contributed by atoms with Gasteiger partial charge in [0.2, 0.25) is 5.79 Å². The van der Waals surface area contributed by atoms with Crippen LogP contribution in [0.2, 0.25) is 0 Å². The van der Waals surface area contributed by atoms with E-state index in [0.29, 0.717) is 47.4 Å². The number of aliphatic hydroxyl groups is 1. The van der Waals surface area contributed by atoms with Crippen LogP contribution in [0, 0.1) is 0 Å². The Hall–Kier alpha value is -3.98. The topological polar surface area (TPSA) is 92.2 Å². The number of aromatic nitrogens is 2. The molecule has 1 fully saturated rings. The lowest BCUT2D eigenvalue weighted by molar-refractivity contribution is -0.134. The predicted molar refractivity (Wildman–Crippen MR) is 137 cm³/mol. The fraction of sp³-hybridized carbons (Fsp3) is 0.241. The first-order chi connectivity index (χ1) is 18.1. The number of ether oxygens (including phenoxy) is 5. The lowest BCUT2D eigenvalue weighted by atomic mass is 9.95. The summed E-state index contributed by atoms with van der Waals surface area (Å²) in [7, 11) is 4.83. The Bertz CT molecular complexity index is 1330. The van der Waals surface area contributed by atoms with Crippen molar-refractivity contribution in [3.63, 3.8) is 0 Å². The zero-order valence-corrected chi connectivity index (χ0v) is 20.9. The third-order valence-corrected chi connectivity index (χ3v) is 6.35. The van der Waals surface area contributed by atoms with E-state index in [0.717, 1.165) is 16.9 Å². The van der Waals surface area contributed by atoms with E-state index >= 15 is 0 Å². The molecule has 2 heterocycles.